The minimum absolute atomic E-state index is 0.0800. The lowest BCUT2D eigenvalue weighted by Gasteiger charge is -2.25. The predicted molar refractivity (Wildman–Crippen MR) is 80.0 cm³/mol. The zero-order valence-corrected chi connectivity index (χ0v) is 12.1. The number of nitrogens with one attached hydrogen (secondary N) is 1. The monoisotopic (exact) mass is 286 g/mol. The van der Waals surface area contributed by atoms with Crippen LogP contribution in [0.15, 0.2) is 36.5 Å². The van der Waals surface area contributed by atoms with E-state index in [1.807, 2.05) is 6.92 Å². The fraction of sp³-hybridized carbons (Fsp3) is 0.353. The summed E-state index contributed by atoms with van der Waals surface area (Å²) in [4.78, 5) is 4.23. The Morgan fingerprint density at radius 3 is 3.00 bits per heavy atom. The fourth-order valence-corrected chi connectivity index (χ4v) is 2.78. The topological polar surface area (TPSA) is 34.2 Å². The minimum Gasteiger partial charge on any atom is -0.493 e. The van der Waals surface area contributed by atoms with E-state index in [0.717, 1.165) is 43.0 Å². The second-order valence-corrected chi connectivity index (χ2v) is 5.18. The molecule has 2 aromatic rings. The standard InChI is InChI=1S/C17H19FN2O/c1-2-19-16(15-9-8-13(18)11-20-15)14-7-3-5-12-6-4-10-21-17(12)14/h3,5,7-9,11,16,19H,2,4,6,10H2,1H3. The van der Waals surface area contributed by atoms with Gasteiger partial charge < -0.3 is 10.1 Å². The van der Waals surface area contributed by atoms with E-state index in [-0.39, 0.29) is 11.9 Å². The molecule has 1 aliphatic rings. The summed E-state index contributed by atoms with van der Waals surface area (Å²) >= 11 is 0. The van der Waals surface area contributed by atoms with Crippen molar-refractivity contribution in [3.8, 4) is 5.75 Å². The van der Waals surface area contributed by atoms with Crippen molar-refractivity contribution in [2.75, 3.05) is 13.2 Å². The van der Waals surface area contributed by atoms with Gasteiger partial charge in [-0.1, -0.05) is 25.1 Å². The molecule has 110 valence electrons. The van der Waals surface area contributed by atoms with Crippen LogP contribution in [0.2, 0.25) is 0 Å². The van der Waals surface area contributed by atoms with E-state index in [2.05, 4.69) is 28.5 Å². The van der Waals surface area contributed by atoms with Crippen molar-refractivity contribution in [3.63, 3.8) is 0 Å². The highest BCUT2D eigenvalue weighted by Crippen LogP contribution is 2.35. The molecular formula is C17H19FN2O. The van der Waals surface area contributed by atoms with E-state index in [0.29, 0.717) is 0 Å². The van der Waals surface area contributed by atoms with Crippen LogP contribution >= 0.6 is 0 Å². The first-order chi connectivity index (χ1) is 10.3. The van der Waals surface area contributed by atoms with Gasteiger partial charge >= 0.3 is 0 Å². The Morgan fingerprint density at radius 2 is 2.24 bits per heavy atom. The van der Waals surface area contributed by atoms with Crippen LogP contribution in [0.5, 0.6) is 5.75 Å². The average molecular weight is 286 g/mol. The van der Waals surface area contributed by atoms with Gasteiger partial charge in [-0.3, -0.25) is 4.98 Å². The number of ether oxygens (including phenoxy) is 1. The summed E-state index contributed by atoms with van der Waals surface area (Å²) in [6, 6.07) is 9.32. The summed E-state index contributed by atoms with van der Waals surface area (Å²) in [5, 5.41) is 3.42. The molecule has 1 N–H and O–H groups in total. The lowest BCUT2D eigenvalue weighted by molar-refractivity contribution is 0.283. The van der Waals surface area contributed by atoms with Crippen molar-refractivity contribution in [1.29, 1.82) is 0 Å². The smallest absolute Gasteiger partial charge is 0.141 e. The Labute approximate surface area is 124 Å². The Balaban J connectivity index is 2.03. The number of nitrogens with zero attached hydrogens (tertiary/aromatic N) is 1. The zero-order chi connectivity index (χ0) is 14.7. The molecule has 0 bridgehead atoms. The van der Waals surface area contributed by atoms with Gasteiger partial charge in [0.1, 0.15) is 11.6 Å². The number of para-hydroxylation sites is 1. The molecule has 4 heteroatoms. The average Bonchev–Trinajstić information content (AvgIpc) is 2.53. The van der Waals surface area contributed by atoms with Crippen molar-refractivity contribution in [2.45, 2.75) is 25.8 Å². The van der Waals surface area contributed by atoms with Crippen molar-refractivity contribution in [3.05, 3.63) is 59.2 Å². The van der Waals surface area contributed by atoms with Crippen LogP contribution in [0.1, 0.15) is 36.2 Å². The van der Waals surface area contributed by atoms with Crippen LogP contribution in [0.25, 0.3) is 0 Å². The number of pyridine rings is 1. The summed E-state index contributed by atoms with van der Waals surface area (Å²) in [5.74, 6) is 0.640. The number of aromatic nitrogens is 1. The van der Waals surface area contributed by atoms with E-state index in [9.17, 15) is 4.39 Å². The van der Waals surface area contributed by atoms with Crippen LogP contribution < -0.4 is 10.1 Å². The molecule has 1 aromatic heterocycles. The van der Waals surface area contributed by atoms with Crippen LogP contribution in [-0.4, -0.2) is 18.1 Å². The first kappa shape index (κ1) is 14.0. The first-order valence-corrected chi connectivity index (χ1v) is 7.39. The van der Waals surface area contributed by atoms with Gasteiger partial charge in [0, 0.05) is 5.56 Å². The van der Waals surface area contributed by atoms with Gasteiger partial charge in [0.05, 0.1) is 24.5 Å². The number of halogens is 1. The molecule has 0 spiro atoms. The van der Waals surface area contributed by atoms with E-state index in [1.54, 1.807) is 6.07 Å². The number of benzene rings is 1. The van der Waals surface area contributed by atoms with Gasteiger partial charge in [-0.05, 0) is 37.1 Å². The maximum absolute atomic E-state index is 13.1. The van der Waals surface area contributed by atoms with Gasteiger partial charge in [-0.15, -0.1) is 0 Å². The number of hydrogen-bond acceptors (Lipinski definition) is 3. The second-order valence-electron chi connectivity index (χ2n) is 5.18. The summed E-state index contributed by atoms with van der Waals surface area (Å²) in [7, 11) is 0. The molecule has 2 heterocycles. The number of rotatable bonds is 4. The maximum atomic E-state index is 13.1. The second kappa shape index (κ2) is 6.22. The molecule has 0 saturated carbocycles. The Kier molecular flexibility index (Phi) is 4.15. The molecule has 1 unspecified atom stereocenters. The van der Waals surface area contributed by atoms with Gasteiger partial charge in [-0.25, -0.2) is 4.39 Å². The van der Waals surface area contributed by atoms with Crippen molar-refractivity contribution < 1.29 is 9.13 Å². The summed E-state index contributed by atoms with van der Waals surface area (Å²) < 4.78 is 19.0. The summed E-state index contributed by atoms with van der Waals surface area (Å²) in [5.41, 5.74) is 3.12. The molecule has 0 saturated heterocycles. The van der Waals surface area contributed by atoms with Crippen molar-refractivity contribution >= 4 is 0 Å². The molecule has 21 heavy (non-hydrogen) atoms. The zero-order valence-electron chi connectivity index (χ0n) is 12.1. The highest BCUT2D eigenvalue weighted by Gasteiger charge is 2.22. The van der Waals surface area contributed by atoms with Crippen LogP contribution in [0, 0.1) is 5.82 Å². The summed E-state index contributed by atoms with van der Waals surface area (Å²) in [6.45, 7) is 3.60. The molecule has 1 aliphatic heterocycles. The number of hydrogen-bond donors (Lipinski definition) is 1. The highest BCUT2D eigenvalue weighted by atomic mass is 19.1. The maximum Gasteiger partial charge on any atom is 0.141 e. The van der Waals surface area contributed by atoms with Gasteiger partial charge in [0.2, 0.25) is 0 Å². The SMILES string of the molecule is CCNC(c1ccc(F)cn1)c1cccc2c1OCCC2. The number of fused-ring (bicyclic) bond motifs is 1. The molecule has 1 atom stereocenters. The van der Waals surface area contributed by atoms with Crippen LogP contribution in [-0.2, 0) is 6.42 Å². The van der Waals surface area contributed by atoms with Crippen molar-refractivity contribution in [1.82, 2.24) is 10.3 Å². The Hall–Kier alpha value is -1.94. The van der Waals surface area contributed by atoms with E-state index in [1.165, 1.54) is 17.8 Å². The largest absolute Gasteiger partial charge is 0.493 e. The summed E-state index contributed by atoms with van der Waals surface area (Å²) in [6.07, 6.45) is 3.35. The molecular weight excluding hydrogens is 267 g/mol. The minimum atomic E-state index is -0.319. The quantitative estimate of drug-likeness (QED) is 0.937. The van der Waals surface area contributed by atoms with Gasteiger partial charge in [-0.2, -0.15) is 0 Å². The predicted octanol–water partition coefficient (Wildman–Crippen LogP) is 3.24. The van der Waals surface area contributed by atoms with E-state index >= 15 is 0 Å². The molecule has 1 aromatic carbocycles. The lowest BCUT2D eigenvalue weighted by Crippen LogP contribution is -2.24. The molecule has 3 nitrogen and oxygen atoms in total. The van der Waals surface area contributed by atoms with Crippen LogP contribution in [0.3, 0.4) is 0 Å². The molecule has 3 rings (SSSR count). The third-order valence-electron chi connectivity index (χ3n) is 3.73. The van der Waals surface area contributed by atoms with Crippen LogP contribution in [0.4, 0.5) is 4.39 Å². The van der Waals surface area contributed by atoms with Crippen molar-refractivity contribution in [2.24, 2.45) is 0 Å². The number of aryl methyl sites for hydroxylation is 1. The van der Waals surface area contributed by atoms with Gasteiger partial charge in [0.25, 0.3) is 0 Å². The van der Waals surface area contributed by atoms with E-state index < -0.39 is 0 Å². The first-order valence-electron chi connectivity index (χ1n) is 7.39. The Morgan fingerprint density at radius 1 is 1.33 bits per heavy atom. The normalized spacial score (nSPS) is 15.1. The Bertz CT molecular complexity index is 613. The molecule has 0 radical (unpaired) electrons. The third-order valence-corrected chi connectivity index (χ3v) is 3.73. The van der Waals surface area contributed by atoms with Gasteiger partial charge in [0.15, 0.2) is 0 Å². The highest BCUT2D eigenvalue weighted by molar-refractivity contribution is 5.46. The molecule has 0 amide bonds. The van der Waals surface area contributed by atoms with E-state index in [4.69, 9.17) is 4.74 Å². The fourth-order valence-electron chi connectivity index (χ4n) is 2.78. The third kappa shape index (κ3) is 2.90. The lowest BCUT2D eigenvalue weighted by atomic mass is 9.96. The molecule has 0 aliphatic carbocycles. The molecule has 0 fully saturated rings.